The van der Waals surface area contributed by atoms with Gasteiger partial charge in [-0.3, -0.25) is 4.79 Å². The van der Waals surface area contributed by atoms with Crippen molar-refractivity contribution in [1.29, 1.82) is 0 Å². The van der Waals surface area contributed by atoms with E-state index in [-0.39, 0.29) is 24.8 Å². The molecule has 19 heavy (non-hydrogen) atoms. The number of amides is 1. The summed E-state index contributed by atoms with van der Waals surface area (Å²) in [6.07, 6.45) is -1.79. The van der Waals surface area contributed by atoms with E-state index in [1.807, 2.05) is 0 Å². The molecule has 4 nitrogen and oxygen atoms in total. The van der Waals surface area contributed by atoms with E-state index >= 15 is 0 Å². The average molecular weight is 281 g/mol. The molecule has 2 aromatic rings. The molecule has 2 heterocycles. The number of aliphatic hydroxyl groups excluding tert-OH is 2. The Kier molecular flexibility index (Phi) is 3.00. The van der Waals surface area contributed by atoms with Crippen molar-refractivity contribution in [3.05, 3.63) is 35.0 Å². The number of likely N-dealkylation sites (tertiary alicyclic amines) is 1. The van der Waals surface area contributed by atoms with Crippen LogP contribution in [0, 0.1) is 5.82 Å². The van der Waals surface area contributed by atoms with Crippen molar-refractivity contribution in [3.63, 3.8) is 0 Å². The SMILES string of the molecule is O=C(c1cc2cc(F)ccc2s1)N1CC(O)C(O)C1. The van der Waals surface area contributed by atoms with Crippen molar-refractivity contribution in [3.8, 4) is 0 Å². The summed E-state index contributed by atoms with van der Waals surface area (Å²) in [6, 6.07) is 6.02. The van der Waals surface area contributed by atoms with E-state index < -0.39 is 12.2 Å². The fourth-order valence-electron chi connectivity index (χ4n) is 2.21. The van der Waals surface area contributed by atoms with Crippen LogP contribution >= 0.6 is 11.3 Å². The average Bonchev–Trinajstić information content (AvgIpc) is 2.92. The summed E-state index contributed by atoms with van der Waals surface area (Å²) in [5.74, 6) is -0.575. The van der Waals surface area contributed by atoms with Gasteiger partial charge in [-0.2, -0.15) is 0 Å². The van der Waals surface area contributed by atoms with E-state index in [9.17, 15) is 19.4 Å². The van der Waals surface area contributed by atoms with Gasteiger partial charge < -0.3 is 15.1 Å². The number of rotatable bonds is 1. The third-order valence-corrected chi connectivity index (χ3v) is 4.34. The lowest BCUT2D eigenvalue weighted by Gasteiger charge is -2.13. The van der Waals surface area contributed by atoms with Gasteiger partial charge in [0.25, 0.3) is 5.91 Å². The fraction of sp³-hybridized carbons (Fsp3) is 0.308. The molecule has 0 radical (unpaired) electrons. The Hall–Kier alpha value is -1.50. The summed E-state index contributed by atoms with van der Waals surface area (Å²) < 4.78 is 13.9. The molecule has 2 N–H and O–H groups in total. The molecule has 2 unspecified atom stereocenters. The van der Waals surface area contributed by atoms with E-state index in [4.69, 9.17) is 0 Å². The number of nitrogens with zero attached hydrogens (tertiary/aromatic N) is 1. The van der Waals surface area contributed by atoms with Crippen molar-refractivity contribution in [1.82, 2.24) is 4.90 Å². The Bertz CT molecular complexity index is 632. The van der Waals surface area contributed by atoms with E-state index in [2.05, 4.69) is 0 Å². The molecule has 1 fully saturated rings. The third-order valence-electron chi connectivity index (χ3n) is 3.24. The molecule has 0 bridgehead atoms. The summed E-state index contributed by atoms with van der Waals surface area (Å²) in [6.45, 7) is 0.255. The second kappa shape index (κ2) is 4.56. The molecule has 0 spiro atoms. The summed E-state index contributed by atoms with van der Waals surface area (Å²) in [7, 11) is 0. The van der Waals surface area contributed by atoms with Crippen LogP contribution in [0.2, 0.25) is 0 Å². The van der Waals surface area contributed by atoms with Gasteiger partial charge in [-0.05, 0) is 29.7 Å². The fourth-order valence-corrected chi connectivity index (χ4v) is 3.22. The molecule has 1 aromatic carbocycles. The van der Waals surface area contributed by atoms with Crippen LogP contribution < -0.4 is 0 Å². The van der Waals surface area contributed by atoms with Gasteiger partial charge in [0.2, 0.25) is 0 Å². The van der Waals surface area contributed by atoms with Crippen molar-refractivity contribution in [2.24, 2.45) is 0 Å². The Morgan fingerprint density at radius 2 is 1.95 bits per heavy atom. The predicted molar refractivity (Wildman–Crippen MR) is 69.7 cm³/mol. The first-order valence-corrected chi connectivity index (χ1v) is 6.71. The highest BCUT2D eigenvalue weighted by Crippen LogP contribution is 2.28. The number of carbonyl (C=O) groups excluding carboxylic acids is 1. The zero-order valence-electron chi connectivity index (χ0n) is 9.91. The Balaban J connectivity index is 1.90. The van der Waals surface area contributed by atoms with Gasteiger partial charge in [0.05, 0.1) is 17.1 Å². The molecule has 0 saturated carbocycles. The molecule has 2 atom stereocenters. The Morgan fingerprint density at radius 1 is 1.26 bits per heavy atom. The van der Waals surface area contributed by atoms with Crippen LogP contribution in [0.25, 0.3) is 10.1 Å². The first-order chi connectivity index (χ1) is 9.04. The predicted octanol–water partition coefficient (Wildman–Crippen LogP) is 1.22. The van der Waals surface area contributed by atoms with Gasteiger partial charge in [-0.1, -0.05) is 0 Å². The van der Waals surface area contributed by atoms with Crippen LogP contribution in [0.3, 0.4) is 0 Å². The van der Waals surface area contributed by atoms with Gasteiger partial charge in [-0.25, -0.2) is 4.39 Å². The van der Waals surface area contributed by atoms with Crippen LogP contribution in [-0.2, 0) is 0 Å². The minimum absolute atomic E-state index is 0.128. The lowest BCUT2D eigenvalue weighted by atomic mass is 10.2. The maximum Gasteiger partial charge on any atom is 0.264 e. The number of fused-ring (bicyclic) bond motifs is 1. The summed E-state index contributed by atoms with van der Waals surface area (Å²) in [4.78, 5) is 14.1. The van der Waals surface area contributed by atoms with E-state index in [0.29, 0.717) is 10.3 Å². The molecule has 1 aromatic heterocycles. The number of carbonyl (C=O) groups is 1. The monoisotopic (exact) mass is 281 g/mol. The van der Waals surface area contributed by atoms with Crippen molar-refractivity contribution in [2.75, 3.05) is 13.1 Å². The molecule has 1 aliphatic rings. The minimum atomic E-state index is -0.893. The molecule has 0 aliphatic carbocycles. The lowest BCUT2D eigenvalue weighted by Crippen LogP contribution is -2.29. The van der Waals surface area contributed by atoms with Gasteiger partial charge in [-0.15, -0.1) is 11.3 Å². The first kappa shape index (κ1) is 12.5. The number of hydrogen-bond donors (Lipinski definition) is 2. The minimum Gasteiger partial charge on any atom is -0.388 e. The number of hydrogen-bond acceptors (Lipinski definition) is 4. The second-order valence-electron chi connectivity index (χ2n) is 4.64. The van der Waals surface area contributed by atoms with E-state index in [1.54, 1.807) is 12.1 Å². The van der Waals surface area contributed by atoms with Crippen molar-refractivity contribution in [2.45, 2.75) is 12.2 Å². The van der Waals surface area contributed by atoms with E-state index in [1.165, 1.54) is 28.4 Å². The van der Waals surface area contributed by atoms with Crippen molar-refractivity contribution < 1.29 is 19.4 Å². The summed E-state index contributed by atoms with van der Waals surface area (Å²) >= 11 is 1.28. The molecule has 3 rings (SSSR count). The zero-order valence-corrected chi connectivity index (χ0v) is 10.7. The van der Waals surface area contributed by atoms with Gasteiger partial charge in [0, 0.05) is 17.8 Å². The quantitative estimate of drug-likeness (QED) is 0.826. The van der Waals surface area contributed by atoms with Gasteiger partial charge >= 0.3 is 0 Å². The highest BCUT2D eigenvalue weighted by atomic mass is 32.1. The smallest absolute Gasteiger partial charge is 0.264 e. The Labute approximate surface area is 112 Å². The number of β-amino-alcohol motifs (C(OH)–C–C–N with tert-alkyl or cyclic N) is 2. The highest BCUT2D eigenvalue weighted by Gasteiger charge is 2.33. The third kappa shape index (κ3) is 2.22. The van der Waals surface area contributed by atoms with E-state index in [0.717, 1.165) is 4.70 Å². The molecular formula is C13H12FNO3S. The maximum atomic E-state index is 13.1. The summed E-state index contributed by atoms with van der Waals surface area (Å²) in [5.41, 5.74) is 0. The highest BCUT2D eigenvalue weighted by molar-refractivity contribution is 7.20. The zero-order chi connectivity index (χ0) is 13.6. The molecule has 1 aliphatic heterocycles. The standard InChI is InChI=1S/C13H12FNO3S/c14-8-1-2-11-7(3-8)4-12(19-11)13(18)15-5-9(16)10(17)6-15/h1-4,9-10,16-17H,5-6H2. The lowest BCUT2D eigenvalue weighted by molar-refractivity contribution is 0.0572. The van der Waals surface area contributed by atoms with Crippen LogP contribution in [0.5, 0.6) is 0 Å². The maximum absolute atomic E-state index is 13.1. The number of thiophene rings is 1. The molecule has 1 saturated heterocycles. The molecule has 100 valence electrons. The second-order valence-corrected chi connectivity index (χ2v) is 5.72. The van der Waals surface area contributed by atoms with Crippen molar-refractivity contribution >= 4 is 27.3 Å². The number of aliphatic hydroxyl groups is 2. The molecular weight excluding hydrogens is 269 g/mol. The number of benzene rings is 1. The Morgan fingerprint density at radius 3 is 2.63 bits per heavy atom. The van der Waals surface area contributed by atoms with Crippen LogP contribution in [0.1, 0.15) is 9.67 Å². The molecule has 1 amide bonds. The van der Waals surface area contributed by atoms with Gasteiger partial charge in [0.15, 0.2) is 0 Å². The topological polar surface area (TPSA) is 60.8 Å². The van der Waals surface area contributed by atoms with Gasteiger partial charge in [0.1, 0.15) is 5.82 Å². The number of halogens is 1. The first-order valence-electron chi connectivity index (χ1n) is 5.89. The van der Waals surface area contributed by atoms with Crippen LogP contribution in [0.15, 0.2) is 24.3 Å². The normalized spacial score (nSPS) is 23.2. The van der Waals surface area contributed by atoms with Crippen LogP contribution in [0.4, 0.5) is 4.39 Å². The summed E-state index contributed by atoms with van der Waals surface area (Å²) in [5, 5.41) is 19.6. The van der Waals surface area contributed by atoms with Crippen LogP contribution in [-0.4, -0.2) is 46.3 Å². The molecule has 6 heteroatoms. The largest absolute Gasteiger partial charge is 0.388 e.